The third-order valence-electron chi connectivity index (χ3n) is 5.70. The van der Waals surface area contributed by atoms with Crippen LogP contribution in [0.15, 0.2) is 56.0 Å². The number of benzene rings is 1. The van der Waals surface area contributed by atoms with E-state index in [0.29, 0.717) is 60.6 Å². The van der Waals surface area contributed by atoms with Gasteiger partial charge in [-0.3, -0.25) is 4.79 Å². The summed E-state index contributed by atoms with van der Waals surface area (Å²) in [7, 11) is 3.12. The van der Waals surface area contributed by atoms with Crippen LogP contribution in [0.2, 0.25) is 0 Å². The van der Waals surface area contributed by atoms with Crippen molar-refractivity contribution in [3.63, 3.8) is 0 Å². The number of piperazine rings is 1. The van der Waals surface area contributed by atoms with Crippen molar-refractivity contribution in [2.45, 2.75) is 0 Å². The highest BCUT2D eigenvalue weighted by molar-refractivity contribution is 5.93. The van der Waals surface area contributed by atoms with Crippen LogP contribution in [0.5, 0.6) is 11.5 Å². The molecule has 0 unspecified atom stereocenters. The van der Waals surface area contributed by atoms with E-state index in [0.717, 1.165) is 0 Å². The molecule has 3 aromatic heterocycles. The number of furan rings is 1. The topological polar surface area (TPSA) is 131 Å². The fourth-order valence-corrected chi connectivity index (χ4v) is 3.89. The zero-order valence-electron chi connectivity index (χ0n) is 19.1. The molecular formula is C24H21N5O6. The Morgan fingerprint density at radius 1 is 1.09 bits per heavy atom. The first-order valence-corrected chi connectivity index (χ1v) is 10.8. The van der Waals surface area contributed by atoms with Crippen LogP contribution in [-0.2, 0) is 0 Å². The molecule has 4 heterocycles. The monoisotopic (exact) mass is 475 g/mol. The van der Waals surface area contributed by atoms with Gasteiger partial charge in [0.15, 0.2) is 17.2 Å². The number of carbonyl (C=O) groups is 1. The van der Waals surface area contributed by atoms with Crippen LogP contribution >= 0.6 is 0 Å². The highest BCUT2D eigenvalue weighted by atomic mass is 16.5. The summed E-state index contributed by atoms with van der Waals surface area (Å²) in [5.41, 5.74) is 0.991. The van der Waals surface area contributed by atoms with Crippen LogP contribution in [0.25, 0.3) is 23.0 Å². The molecule has 11 nitrogen and oxygen atoms in total. The van der Waals surface area contributed by atoms with Gasteiger partial charge in [0, 0.05) is 32.2 Å². The molecule has 0 radical (unpaired) electrons. The molecule has 1 amide bonds. The molecule has 1 aliphatic heterocycles. The number of methoxy groups -OCH3 is 2. The zero-order valence-corrected chi connectivity index (χ0v) is 19.1. The summed E-state index contributed by atoms with van der Waals surface area (Å²) >= 11 is 0. The summed E-state index contributed by atoms with van der Waals surface area (Å²) < 4.78 is 27.2. The molecule has 0 saturated carbocycles. The fraction of sp³-hybridized carbons (Fsp3) is 0.250. The molecule has 4 aromatic rings. The lowest BCUT2D eigenvalue weighted by molar-refractivity contribution is 0.0735. The molecule has 1 aliphatic rings. The Bertz CT molecular complexity index is 1380. The highest BCUT2D eigenvalue weighted by Crippen LogP contribution is 2.34. The first kappa shape index (κ1) is 22.1. The fourth-order valence-electron chi connectivity index (χ4n) is 3.89. The smallest absolute Gasteiger partial charge is 0.276 e. The molecule has 0 bridgehead atoms. The molecule has 1 aromatic carbocycles. The normalized spacial score (nSPS) is 13.5. The number of oxazole rings is 1. The Balaban J connectivity index is 1.29. The number of carbonyl (C=O) groups excluding carboxylic acids is 1. The number of aromatic nitrogens is 2. The molecule has 11 heteroatoms. The number of rotatable bonds is 6. The van der Waals surface area contributed by atoms with Gasteiger partial charge in [-0.05, 0) is 30.3 Å². The largest absolute Gasteiger partial charge is 0.497 e. The third-order valence-corrected chi connectivity index (χ3v) is 5.70. The second kappa shape index (κ2) is 9.26. The Morgan fingerprint density at radius 2 is 1.91 bits per heavy atom. The lowest BCUT2D eigenvalue weighted by atomic mass is 10.1. The molecule has 1 fully saturated rings. The predicted molar refractivity (Wildman–Crippen MR) is 122 cm³/mol. The maximum Gasteiger partial charge on any atom is 0.276 e. The van der Waals surface area contributed by atoms with Gasteiger partial charge in [0.1, 0.15) is 17.6 Å². The zero-order chi connectivity index (χ0) is 24.4. The van der Waals surface area contributed by atoms with E-state index in [1.807, 2.05) is 4.90 Å². The number of hydrogen-bond donors (Lipinski definition) is 0. The van der Waals surface area contributed by atoms with Crippen LogP contribution in [0, 0.1) is 11.3 Å². The number of hydrogen-bond acceptors (Lipinski definition) is 10. The van der Waals surface area contributed by atoms with Gasteiger partial charge in [0.2, 0.25) is 11.6 Å². The van der Waals surface area contributed by atoms with E-state index in [1.165, 1.54) is 6.26 Å². The summed E-state index contributed by atoms with van der Waals surface area (Å²) in [4.78, 5) is 20.9. The Hall–Kier alpha value is -4.72. The Labute approximate surface area is 200 Å². The van der Waals surface area contributed by atoms with Gasteiger partial charge in [-0.2, -0.15) is 10.2 Å². The average molecular weight is 475 g/mol. The van der Waals surface area contributed by atoms with Gasteiger partial charge in [-0.25, -0.2) is 0 Å². The number of amides is 1. The van der Waals surface area contributed by atoms with E-state index in [-0.39, 0.29) is 23.2 Å². The van der Waals surface area contributed by atoms with Crippen LogP contribution in [-0.4, -0.2) is 61.3 Å². The van der Waals surface area contributed by atoms with Crippen molar-refractivity contribution in [2.75, 3.05) is 45.3 Å². The quantitative estimate of drug-likeness (QED) is 0.408. The summed E-state index contributed by atoms with van der Waals surface area (Å²) in [6.07, 6.45) is 1.51. The second-order valence-corrected chi connectivity index (χ2v) is 7.68. The second-order valence-electron chi connectivity index (χ2n) is 7.68. The van der Waals surface area contributed by atoms with E-state index in [2.05, 4.69) is 16.2 Å². The van der Waals surface area contributed by atoms with E-state index < -0.39 is 0 Å². The molecule has 178 valence electrons. The predicted octanol–water partition coefficient (Wildman–Crippen LogP) is 3.44. The molecule has 5 rings (SSSR count). The summed E-state index contributed by atoms with van der Waals surface area (Å²) in [5, 5.41) is 13.5. The van der Waals surface area contributed by atoms with Gasteiger partial charge in [-0.1, -0.05) is 5.16 Å². The molecule has 0 N–H and O–H groups in total. The van der Waals surface area contributed by atoms with Crippen molar-refractivity contribution in [3.05, 3.63) is 54.0 Å². The van der Waals surface area contributed by atoms with Crippen LogP contribution < -0.4 is 14.4 Å². The van der Waals surface area contributed by atoms with Gasteiger partial charge in [0.25, 0.3) is 11.8 Å². The molecule has 35 heavy (non-hydrogen) atoms. The van der Waals surface area contributed by atoms with E-state index in [4.69, 9.17) is 22.8 Å². The van der Waals surface area contributed by atoms with Crippen molar-refractivity contribution >= 4 is 11.8 Å². The van der Waals surface area contributed by atoms with E-state index in [9.17, 15) is 10.1 Å². The van der Waals surface area contributed by atoms with Crippen molar-refractivity contribution in [1.82, 2.24) is 15.0 Å². The first-order chi connectivity index (χ1) is 17.1. The third kappa shape index (κ3) is 4.17. The minimum absolute atomic E-state index is 0.171. The maximum absolute atomic E-state index is 13.1. The van der Waals surface area contributed by atoms with E-state index >= 15 is 0 Å². The highest BCUT2D eigenvalue weighted by Gasteiger charge is 2.29. The molecule has 0 aliphatic carbocycles. The number of nitrogens with zero attached hydrogens (tertiary/aromatic N) is 5. The Morgan fingerprint density at radius 3 is 2.60 bits per heavy atom. The average Bonchev–Trinajstić information content (AvgIpc) is 3.68. The molecular weight excluding hydrogens is 454 g/mol. The SMILES string of the molecule is COc1ccc(OC)c(-c2cc(C(=O)N3CCN(c4oc(-c5ccco5)nc4C#N)CC3)no2)c1. The van der Waals surface area contributed by atoms with Crippen LogP contribution in [0.1, 0.15) is 16.2 Å². The van der Waals surface area contributed by atoms with Gasteiger partial charge >= 0.3 is 0 Å². The standard InChI is InChI=1S/C24H21N5O6/c1-31-15-5-6-19(32-2)16(12-15)21-13-17(27-35-21)23(30)28-7-9-29(10-8-28)24-18(14-25)26-22(34-24)20-4-3-11-33-20/h3-6,11-13H,7-10H2,1-2H3. The number of anilines is 1. The minimum atomic E-state index is -0.254. The van der Waals surface area contributed by atoms with Crippen molar-refractivity contribution in [1.29, 1.82) is 5.26 Å². The van der Waals surface area contributed by atoms with Crippen molar-refractivity contribution in [2.24, 2.45) is 0 Å². The lowest BCUT2D eigenvalue weighted by Crippen LogP contribution is -2.49. The molecule has 0 atom stereocenters. The molecule has 0 spiro atoms. The lowest BCUT2D eigenvalue weighted by Gasteiger charge is -2.34. The van der Waals surface area contributed by atoms with Crippen molar-refractivity contribution < 1.29 is 27.6 Å². The summed E-state index contributed by atoms with van der Waals surface area (Å²) in [6.45, 7) is 1.74. The van der Waals surface area contributed by atoms with Gasteiger partial charge in [0.05, 0.1) is 26.0 Å². The number of ether oxygens (including phenoxy) is 2. The van der Waals surface area contributed by atoms with Gasteiger partial charge < -0.3 is 32.6 Å². The molecule has 1 saturated heterocycles. The Kier molecular flexibility index (Phi) is 5.85. The minimum Gasteiger partial charge on any atom is -0.497 e. The van der Waals surface area contributed by atoms with Crippen LogP contribution in [0.3, 0.4) is 0 Å². The van der Waals surface area contributed by atoms with Gasteiger partial charge in [-0.15, -0.1) is 0 Å². The number of nitriles is 1. The summed E-state index contributed by atoms with van der Waals surface area (Å²) in [6, 6.07) is 12.4. The van der Waals surface area contributed by atoms with E-state index in [1.54, 1.807) is 55.5 Å². The first-order valence-electron chi connectivity index (χ1n) is 10.8. The van der Waals surface area contributed by atoms with Crippen molar-refractivity contribution in [3.8, 4) is 40.5 Å². The summed E-state index contributed by atoms with van der Waals surface area (Å²) in [5.74, 6) is 2.38. The van der Waals surface area contributed by atoms with Crippen LogP contribution in [0.4, 0.5) is 5.88 Å². The maximum atomic E-state index is 13.1.